The first-order valence-corrected chi connectivity index (χ1v) is 8.86. The van der Waals surface area contributed by atoms with Gasteiger partial charge >= 0.3 is 0 Å². The van der Waals surface area contributed by atoms with Crippen molar-refractivity contribution >= 4 is 23.4 Å². The second-order valence-corrected chi connectivity index (χ2v) is 7.69. The van der Waals surface area contributed by atoms with E-state index in [4.69, 9.17) is 5.26 Å². The number of benzene rings is 2. The van der Waals surface area contributed by atoms with Gasteiger partial charge in [-0.25, -0.2) is 0 Å². The topological polar surface area (TPSA) is 52.9 Å². The van der Waals surface area contributed by atoms with Crippen molar-refractivity contribution in [2.45, 2.75) is 37.5 Å². The Morgan fingerprint density at radius 2 is 1.71 bits per heavy atom. The van der Waals surface area contributed by atoms with Gasteiger partial charge in [-0.15, -0.1) is 11.8 Å². The molecule has 2 aromatic carbocycles. The predicted octanol–water partition coefficient (Wildman–Crippen LogP) is 4.78. The van der Waals surface area contributed by atoms with Crippen LogP contribution in [0.1, 0.15) is 31.9 Å². The average molecular weight is 338 g/mol. The van der Waals surface area contributed by atoms with Crippen LogP contribution in [0.4, 0.5) is 5.69 Å². The first-order chi connectivity index (χ1) is 11.4. The molecule has 0 radical (unpaired) electrons. The lowest BCUT2D eigenvalue weighted by molar-refractivity contribution is -0.113. The van der Waals surface area contributed by atoms with E-state index in [1.165, 1.54) is 17.3 Å². The van der Waals surface area contributed by atoms with Crippen molar-refractivity contribution in [1.82, 2.24) is 0 Å². The normalized spacial score (nSPS) is 10.9. The number of hydrogen-bond acceptors (Lipinski definition) is 3. The van der Waals surface area contributed by atoms with Crippen molar-refractivity contribution in [2.24, 2.45) is 0 Å². The smallest absolute Gasteiger partial charge is 0.234 e. The third kappa shape index (κ3) is 5.43. The number of nitrogens with one attached hydrogen (secondary N) is 1. The molecule has 2 rings (SSSR count). The molecule has 0 saturated heterocycles. The summed E-state index contributed by atoms with van der Waals surface area (Å²) in [7, 11) is 0. The van der Waals surface area contributed by atoms with Crippen molar-refractivity contribution in [1.29, 1.82) is 5.26 Å². The van der Waals surface area contributed by atoms with E-state index in [0.29, 0.717) is 12.2 Å². The summed E-state index contributed by atoms with van der Waals surface area (Å²) in [5, 5.41) is 11.5. The van der Waals surface area contributed by atoms with Gasteiger partial charge in [0.25, 0.3) is 0 Å². The molecule has 0 heterocycles. The lowest BCUT2D eigenvalue weighted by atomic mass is 9.87. The summed E-state index contributed by atoms with van der Waals surface area (Å²) < 4.78 is 0. The highest BCUT2D eigenvalue weighted by molar-refractivity contribution is 8.00. The molecule has 0 bridgehead atoms. The van der Waals surface area contributed by atoms with Gasteiger partial charge in [0.1, 0.15) is 0 Å². The second kappa shape index (κ2) is 8.03. The SMILES string of the molecule is CC(C)(C)c1ccc(SCC(=O)Nc2ccc(CC#N)cc2)cc1. The first kappa shape index (κ1) is 18.1. The molecule has 124 valence electrons. The summed E-state index contributed by atoms with van der Waals surface area (Å²) in [6.07, 6.45) is 0.384. The van der Waals surface area contributed by atoms with Crippen molar-refractivity contribution in [3.05, 3.63) is 59.7 Å². The fourth-order valence-corrected chi connectivity index (χ4v) is 2.89. The number of carbonyl (C=O) groups is 1. The van der Waals surface area contributed by atoms with E-state index in [1.807, 2.05) is 24.3 Å². The summed E-state index contributed by atoms with van der Waals surface area (Å²) in [6, 6.07) is 17.8. The zero-order chi connectivity index (χ0) is 17.6. The molecular weight excluding hydrogens is 316 g/mol. The van der Waals surface area contributed by atoms with Gasteiger partial charge in [0.2, 0.25) is 5.91 Å². The maximum Gasteiger partial charge on any atom is 0.234 e. The highest BCUT2D eigenvalue weighted by atomic mass is 32.2. The Morgan fingerprint density at radius 3 is 2.25 bits per heavy atom. The van der Waals surface area contributed by atoms with E-state index in [9.17, 15) is 4.79 Å². The Hall–Kier alpha value is -2.25. The third-order valence-electron chi connectivity index (χ3n) is 3.61. The molecule has 0 fully saturated rings. The highest BCUT2D eigenvalue weighted by Gasteiger charge is 2.13. The summed E-state index contributed by atoms with van der Waals surface area (Å²) in [5.41, 5.74) is 3.13. The summed E-state index contributed by atoms with van der Waals surface area (Å²) in [6.45, 7) is 6.56. The molecule has 2 aromatic rings. The molecule has 1 N–H and O–H groups in total. The van der Waals surface area contributed by atoms with Gasteiger partial charge in [-0.05, 0) is 40.8 Å². The van der Waals surface area contributed by atoms with Crippen LogP contribution in [0.3, 0.4) is 0 Å². The van der Waals surface area contributed by atoms with Crippen LogP contribution in [-0.4, -0.2) is 11.7 Å². The monoisotopic (exact) mass is 338 g/mol. The molecule has 0 saturated carbocycles. The largest absolute Gasteiger partial charge is 0.325 e. The van der Waals surface area contributed by atoms with Crippen LogP contribution in [0.5, 0.6) is 0 Å². The van der Waals surface area contributed by atoms with Crippen LogP contribution in [0.25, 0.3) is 0 Å². The van der Waals surface area contributed by atoms with Gasteiger partial charge in [0.05, 0.1) is 18.2 Å². The number of amides is 1. The Labute approximate surface area is 148 Å². The minimum absolute atomic E-state index is 0.0343. The minimum Gasteiger partial charge on any atom is -0.325 e. The number of carbonyl (C=O) groups excluding carboxylic acids is 1. The fraction of sp³-hybridized carbons (Fsp3) is 0.300. The standard InChI is InChI=1S/C20H22N2OS/c1-20(2,3)16-6-10-18(11-7-16)24-14-19(23)22-17-8-4-15(5-9-17)12-13-21/h4-11H,12,14H2,1-3H3,(H,22,23). The van der Waals surface area contributed by atoms with Crippen molar-refractivity contribution in [3.8, 4) is 6.07 Å². The van der Waals surface area contributed by atoms with E-state index < -0.39 is 0 Å². The summed E-state index contributed by atoms with van der Waals surface area (Å²) in [4.78, 5) is 13.1. The highest BCUT2D eigenvalue weighted by Crippen LogP contribution is 2.25. The van der Waals surface area contributed by atoms with E-state index >= 15 is 0 Å². The van der Waals surface area contributed by atoms with Crippen molar-refractivity contribution in [3.63, 3.8) is 0 Å². The lowest BCUT2D eigenvalue weighted by Gasteiger charge is -2.19. The van der Waals surface area contributed by atoms with Crippen molar-refractivity contribution < 1.29 is 4.79 Å². The molecule has 0 aromatic heterocycles. The third-order valence-corrected chi connectivity index (χ3v) is 4.62. The maximum atomic E-state index is 12.0. The summed E-state index contributed by atoms with van der Waals surface area (Å²) in [5.74, 6) is 0.336. The van der Waals surface area contributed by atoms with Crippen LogP contribution in [0, 0.1) is 11.3 Å². The number of nitrogens with zero attached hydrogens (tertiary/aromatic N) is 1. The van der Waals surface area contributed by atoms with Crippen LogP contribution in [0.15, 0.2) is 53.4 Å². The quantitative estimate of drug-likeness (QED) is 0.798. The molecule has 3 nitrogen and oxygen atoms in total. The molecular formula is C20H22N2OS. The van der Waals surface area contributed by atoms with Gasteiger partial charge in [-0.1, -0.05) is 45.0 Å². The number of hydrogen-bond donors (Lipinski definition) is 1. The number of anilines is 1. The molecule has 4 heteroatoms. The Morgan fingerprint density at radius 1 is 1.08 bits per heavy atom. The second-order valence-electron chi connectivity index (χ2n) is 6.64. The zero-order valence-corrected chi connectivity index (χ0v) is 15.1. The molecule has 0 unspecified atom stereocenters. The average Bonchev–Trinajstić information content (AvgIpc) is 2.55. The van der Waals surface area contributed by atoms with Gasteiger partial charge in [0, 0.05) is 10.6 Å². The fourth-order valence-electron chi connectivity index (χ4n) is 2.19. The molecule has 24 heavy (non-hydrogen) atoms. The Bertz CT molecular complexity index is 722. The Balaban J connectivity index is 1.85. The molecule has 0 aliphatic carbocycles. The van der Waals surface area contributed by atoms with E-state index in [1.54, 1.807) is 0 Å². The zero-order valence-electron chi connectivity index (χ0n) is 14.3. The summed E-state index contributed by atoms with van der Waals surface area (Å²) >= 11 is 1.52. The van der Waals surface area contributed by atoms with E-state index in [2.05, 4.69) is 56.4 Å². The molecule has 0 spiro atoms. The van der Waals surface area contributed by atoms with Crippen LogP contribution >= 0.6 is 11.8 Å². The molecule has 0 atom stereocenters. The molecule has 1 amide bonds. The number of rotatable bonds is 5. The first-order valence-electron chi connectivity index (χ1n) is 7.87. The molecule has 0 aliphatic heterocycles. The Kier molecular flexibility index (Phi) is 6.05. The van der Waals surface area contributed by atoms with Gasteiger partial charge in [0.15, 0.2) is 0 Å². The van der Waals surface area contributed by atoms with Crippen LogP contribution in [0.2, 0.25) is 0 Å². The van der Waals surface area contributed by atoms with Crippen molar-refractivity contribution in [2.75, 3.05) is 11.1 Å². The van der Waals surface area contributed by atoms with E-state index in [-0.39, 0.29) is 11.3 Å². The minimum atomic E-state index is -0.0343. The van der Waals surface area contributed by atoms with E-state index in [0.717, 1.165) is 16.1 Å². The van der Waals surface area contributed by atoms with Gasteiger partial charge < -0.3 is 5.32 Å². The van der Waals surface area contributed by atoms with Gasteiger partial charge in [-0.2, -0.15) is 5.26 Å². The van der Waals surface area contributed by atoms with Gasteiger partial charge in [-0.3, -0.25) is 4.79 Å². The number of nitriles is 1. The predicted molar refractivity (Wildman–Crippen MR) is 100 cm³/mol. The van der Waals surface area contributed by atoms with Crippen LogP contribution in [-0.2, 0) is 16.6 Å². The maximum absolute atomic E-state index is 12.0. The lowest BCUT2D eigenvalue weighted by Crippen LogP contribution is -2.14. The van der Waals surface area contributed by atoms with Crippen LogP contribution < -0.4 is 5.32 Å². The number of thioether (sulfide) groups is 1. The molecule has 0 aliphatic rings.